The van der Waals surface area contributed by atoms with Crippen LogP contribution in [0.3, 0.4) is 0 Å². The highest BCUT2D eigenvalue weighted by molar-refractivity contribution is 4.75. The Morgan fingerprint density at radius 1 is 0.950 bits per heavy atom. The maximum Gasteiger partial charge on any atom is 0.0580 e. The fraction of sp³-hybridized carbons (Fsp3) is 1.00. The number of hydrogen-bond acceptors (Lipinski definition) is 2. The smallest absolute Gasteiger partial charge is 0.0580 e. The van der Waals surface area contributed by atoms with Crippen LogP contribution in [0.4, 0.5) is 0 Å². The zero-order chi connectivity index (χ0) is 14.5. The minimum atomic E-state index is -0.0585. The van der Waals surface area contributed by atoms with Crippen LogP contribution in [0.25, 0.3) is 0 Å². The van der Waals surface area contributed by atoms with Gasteiger partial charge in [-0.3, -0.25) is 0 Å². The Bertz CT molecular complexity index is 202. The summed E-state index contributed by atoms with van der Waals surface area (Å²) in [5.41, 5.74) is 0. The Labute approximate surface area is 126 Å². The van der Waals surface area contributed by atoms with E-state index >= 15 is 0 Å². The molecule has 0 spiro atoms. The maximum atomic E-state index is 10.2. The molecule has 2 atom stereocenters. The van der Waals surface area contributed by atoms with Crippen molar-refractivity contribution in [2.24, 2.45) is 5.92 Å². The van der Waals surface area contributed by atoms with Gasteiger partial charge in [0, 0.05) is 6.54 Å². The summed E-state index contributed by atoms with van der Waals surface area (Å²) in [7, 11) is 0. The molecule has 1 rings (SSSR count). The van der Waals surface area contributed by atoms with Crippen LogP contribution < -0.4 is 5.32 Å². The topological polar surface area (TPSA) is 32.3 Å². The standard InChI is InChI=1S/C18H37NO/c1-2-3-4-5-6-7-8-9-10-11-14-18(20)17-13-12-15-19-16-17/h17-20H,2-16H2,1H3. The zero-order valence-electron chi connectivity index (χ0n) is 13.7. The Balaban J connectivity index is 1.82. The summed E-state index contributed by atoms with van der Waals surface area (Å²) in [6, 6.07) is 0. The second-order valence-corrected chi connectivity index (χ2v) is 6.64. The van der Waals surface area contributed by atoms with Gasteiger partial charge in [0.1, 0.15) is 0 Å². The van der Waals surface area contributed by atoms with E-state index in [-0.39, 0.29) is 6.10 Å². The van der Waals surface area contributed by atoms with Crippen molar-refractivity contribution in [1.82, 2.24) is 5.32 Å². The first kappa shape index (κ1) is 18.0. The average molecular weight is 283 g/mol. The van der Waals surface area contributed by atoms with E-state index in [0.717, 1.165) is 19.5 Å². The lowest BCUT2D eigenvalue weighted by atomic mass is 9.90. The zero-order valence-corrected chi connectivity index (χ0v) is 13.7. The number of rotatable bonds is 12. The molecule has 0 aromatic carbocycles. The van der Waals surface area contributed by atoms with E-state index in [1.54, 1.807) is 0 Å². The first-order valence-corrected chi connectivity index (χ1v) is 9.23. The predicted molar refractivity (Wildman–Crippen MR) is 88.1 cm³/mol. The van der Waals surface area contributed by atoms with Crippen LogP contribution in [0.1, 0.15) is 90.4 Å². The van der Waals surface area contributed by atoms with Gasteiger partial charge in [0.15, 0.2) is 0 Å². The molecule has 2 N–H and O–H groups in total. The molecular weight excluding hydrogens is 246 g/mol. The third-order valence-corrected chi connectivity index (χ3v) is 4.73. The highest BCUT2D eigenvalue weighted by Gasteiger charge is 2.20. The van der Waals surface area contributed by atoms with Crippen molar-refractivity contribution in [3.8, 4) is 0 Å². The van der Waals surface area contributed by atoms with Gasteiger partial charge in [-0.15, -0.1) is 0 Å². The quantitative estimate of drug-likeness (QED) is 0.511. The van der Waals surface area contributed by atoms with Gasteiger partial charge in [0.2, 0.25) is 0 Å². The van der Waals surface area contributed by atoms with E-state index in [2.05, 4.69) is 12.2 Å². The van der Waals surface area contributed by atoms with Gasteiger partial charge in [-0.25, -0.2) is 0 Å². The summed E-state index contributed by atoms with van der Waals surface area (Å²) in [6.45, 7) is 4.44. The lowest BCUT2D eigenvalue weighted by Crippen LogP contribution is -2.36. The molecule has 1 heterocycles. The Hall–Kier alpha value is -0.0800. The van der Waals surface area contributed by atoms with E-state index in [9.17, 15) is 5.11 Å². The summed E-state index contributed by atoms with van der Waals surface area (Å²) < 4.78 is 0. The summed E-state index contributed by atoms with van der Waals surface area (Å²) >= 11 is 0. The largest absolute Gasteiger partial charge is 0.393 e. The highest BCUT2D eigenvalue weighted by Crippen LogP contribution is 2.19. The van der Waals surface area contributed by atoms with Crippen LogP contribution in [0.2, 0.25) is 0 Å². The molecule has 1 fully saturated rings. The number of unbranched alkanes of at least 4 members (excludes halogenated alkanes) is 9. The van der Waals surface area contributed by atoms with E-state index in [4.69, 9.17) is 0 Å². The van der Waals surface area contributed by atoms with Crippen molar-refractivity contribution in [1.29, 1.82) is 0 Å². The van der Waals surface area contributed by atoms with Gasteiger partial charge >= 0.3 is 0 Å². The van der Waals surface area contributed by atoms with Gasteiger partial charge in [-0.1, -0.05) is 71.1 Å². The molecular formula is C18H37NO. The van der Waals surface area contributed by atoms with E-state index < -0.39 is 0 Å². The Morgan fingerprint density at radius 2 is 1.55 bits per heavy atom. The molecule has 1 aliphatic heterocycles. The van der Waals surface area contributed by atoms with Crippen molar-refractivity contribution in [3.05, 3.63) is 0 Å². The van der Waals surface area contributed by atoms with Crippen molar-refractivity contribution in [2.75, 3.05) is 13.1 Å². The highest BCUT2D eigenvalue weighted by atomic mass is 16.3. The summed E-state index contributed by atoms with van der Waals surface area (Å²) in [6.07, 6.45) is 17.2. The first-order chi connectivity index (χ1) is 9.84. The van der Waals surface area contributed by atoms with Gasteiger partial charge in [0.05, 0.1) is 6.10 Å². The first-order valence-electron chi connectivity index (χ1n) is 9.23. The molecule has 2 unspecified atom stereocenters. The van der Waals surface area contributed by atoms with Crippen LogP contribution in [-0.2, 0) is 0 Å². The number of aliphatic hydroxyl groups is 1. The van der Waals surface area contributed by atoms with Gasteiger partial charge in [-0.05, 0) is 31.7 Å². The van der Waals surface area contributed by atoms with Crippen LogP contribution in [0.15, 0.2) is 0 Å². The summed E-state index contributed by atoms with van der Waals surface area (Å²) in [5, 5.41) is 13.6. The molecule has 120 valence electrons. The van der Waals surface area contributed by atoms with Crippen molar-refractivity contribution in [3.63, 3.8) is 0 Å². The fourth-order valence-corrected chi connectivity index (χ4v) is 3.28. The molecule has 0 bridgehead atoms. The van der Waals surface area contributed by atoms with E-state index in [1.807, 2.05) is 0 Å². The molecule has 20 heavy (non-hydrogen) atoms. The third kappa shape index (κ3) is 8.97. The minimum absolute atomic E-state index is 0.0585. The number of nitrogens with one attached hydrogen (secondary N) is 1. The number of hydrogen-bond donors (Lipinski definition) is 2. The lowest BCUT2D eigenvalue weighted by molar-refractivity contribution is 0.0816. The average Bonchev–Trinajstić information content (AvgIpc) is 2.50. The van der Waals surface area contributed by atoms with Crippen molar-refractivity contribution >= 4 is 0 Å². The molecule has 0 radical (unpaired) electrons. The SMILES string of the molecule is CCCCCCCCCCCCC(O)C1CCCNC1. The fourth-order valence-electron chi connectivity index (χ4n) is 3.28. The molecule has 0 aliphatic carbocycles. The van der Waals surface area contributed by atoms with Gasteiger partial charge in [0.25, 0.3) is 0 Å². The molecule has 0 saturated carbocycles. The minimum Gasteiger partial charge on any atom is -0.393 e. The molecule has 1 saturated heterocycles. The lowest BCUT2D eigenvalue weighted by Gasteiger charge is -2.27. The second kappa shape index (κ2) is 12.6. The van der Waals surface area contributed by atoms with E-state index in [1.165, 1.54) is 77.0 Å². The van der Waals surface area contributed by atoms with Gasteiger partial charge < -0.3 is 10.4 Å². The summed E-state index contributed by atoms with van der Waals surface area (Å²) in [5.74, 6) is 0.516. The third-order valence-electron chi connectivity index (χ3n) is 4.73. The number of aliphatic hydroxyl groups excluding tert-OH is 1. The second-order valence-electron chi connectivity index (χ2n) is 6.64. The molecule has 0 amide bonds. The predicted octanol–water partition coefficient (Wildman–Crippen LogP) is 4.66. The van der Waals surface area contributed by atoms with Crippen LogP contribution >= 0.6 is 0 Å². The molecule has 2 nitrogen and oxygen atoms in total. The van der Waals surface area contributed by atoms with Crippen LogP contribution in [0, 0.1) is 5.92 Å². The molecule has 2 heteroatoms. The number of piperidine rings is 1. The molecule has 1 aliphatic rings. The van der Waals surface area contributed by atoms with Gasteiger partial charge in [-0.2, -0.15) is 0 Å². The maximum absolute atomic E-state index is 10.2. The Kier molecular flexibility index (Phi) is 11.4. The monoisotopic (exact) mass is 283 g/mol. The molecule has 0 aromatic rings. The van der Waals surface area contributed by atoms with Crippen LogP contribution in [-0.4, -0.2) is 24.3 Å². The van der Waals surface area contributed by atoms with E-state index in [0.29, 0.717) is 5.92 Å². The Morgan fingerprint density at radius 3 is 2.10 bits per heavy atom. The van der Waals surface area contributed by atoms with Crippen molar-refractivity contribution in [2.45, 2.75) is 96.5 Å². The van der Waals surface area contributed by atoms with Crippen molar-refractivity contribution < 1.29 is 5.11 Å². The van der Waals surface area contributed by atoms with Crippen LogP contribution in [0.5, 0.6) is 0 Å². The summed E-state index contributed by atoms with van der Waals surface area (Å²) in [4.78, 5) is 0. The normalized spacial score (nSPS) is 21.0. The molecule has 0 aromatic heterocycles.